The van der Waals surface area contributed by atoms with E-state index in [9.17, 15) is 0 Å². The van der Waals surface area contributed by atoms with Crippen molar-refractivity contribution in [3.8, 4) is 11.1 Å². The molecule has 0 fully saturated rings. The Labute approximate surface area is 168 Å². The van der Waals surface area contributed by atoms with Gasteiger partial charge in [-0.05, 0) is 42.8 Å². The first kappa shape index (κ1) is 17.3. The van der Waals surface area contributed by atoms with Gasteiger partial charge < -0.3 is 9.88 Å². The Morgan fingerprint density at radius 3 is 2.69 bits per heavy atom. The summed E-state index contributed by atoms with van der Waals surface area (Å²) in [4.78, 5) is 18.0. The number of aryl methyl sites for hydroxylation is 1. The van der Waals surface area contributed by atoms with Crippen molar-refractivity contribution in [3.63, 3.8) is 0 Å². The van der Waals surface area contributed by atoms with E-state index in [1.54, 1.807) is 18.6 Å². The van der Waals surface area contributed by atoms with Gasteiger partial charge in [-0.15, -0.1) is 0 Å². The van der Waals surface area contributed by atoms with Gasteiger partial charge in [-0.1, -0.05) is 6.07 Å². The van der Waals surface area contributed by atoms with Crippen LogP contribution in [0, 0.1) is 0 Å². The summed E-state index contributed by atoms with van der Waals surface area (Å²) in [6, 6.07) is 12.5. The Kier molecular flexibility index (Phi) is 4.17. The maximum atomic E-state index is 4.63. The Hall–Kier alpha value is -3.80. The molecule has 4 aromatic heterocycles. The first-order valence-corrected chi connectivity index (χ1v) is 9.52. The molecule has 142 valence electrons. The van der Waals surface area contributed by atoms with Crippen LogP contribution in [0.1, 0.15) is 18.5 Å². The van der Waals surface area contributed by atoms with E-state index in [0.717, 1.165) is 44.4 Å². The first-order chi connectivity index (χ1) is 14.2. The molecule has 0 aliphatic heterocycles. The number of nitrogens with zero attached hydrogens (tertiary/aromatic N) is 5. The van der Waals surface area contributed by atoms with E-state index < -0.39 is 0 Å². The van der Waals surface area contributed by atoms with Crippen molar-refractivity contribution in [2.45, 2.75) is 13.0 Å². The fourth-order valence-corrected chi connectivity index (χ4v) is 3.63. The van der Waals surface area contributed by atoms with Crippen LogP contribution in [0.25, 0.3) is 33.2 Å². The van der Waals surface area contributed by atoms with Crippen LogP contribution in [0.5, 0.6) is 0 Å². The van der Waals surface area contributed by atoms with Crippen LogP contribution >= 0.6 is 0 Å². The van der Waals surface area contributed by atoms with Crippen molar-refractivity contribution in [2.75, 3.05) is 5.32 Å². The summed E-state index contributed by atoms with van der Waals surface area (Å²) in [6.45, 7) is 2.12. The maximum absolute atomic E-state index is 4.63. The summed E-state index contributed by atoms with van der Waals surface area (Å²) in [7, 11) is 2.03. The summed E-state index contributed by atoms with van der Waals surface area (Å²) in [5, 5.41) is 3.57. The Bertz CT molecular complexity index is 1310. The van der Waals surface area contributed by atoms with Crippen molar-refractivity contribution >= 4 is 27.8 Å². The van der Waals surface area contributed by atoms with Crippen molar-refractivity contribution in [3.05, 3.63) is 79.1 Å². The number of benzene rings is 1. The van der Waals surface area contributed by atoms with Crippen LogP contribution in [-0.4, -0.2) is 24.5 Å². The highest BCUT2D eigenvalue weighted by atomic mass is 14.9. The maximum Gasteiger partial charge on any atom is 0.0967 e. The van der Waals surface area contributed by atoms with E-state index in [0.29, 0.717) is 0 Å². The lowest BCUT2D eigenvalue weighted by atomic mass is 10.0. The molecule has 0 saturated carbocycles. The molecule has 0 spiro atoms. The van der Waals surface area contributed by atoms with Crippen molar-refractivity contribution < 1.29 is 0 Å². The predicted octanol–water partition coefficient (Wildman–Crippen LogP) is 4.75. The average molecular weight is 380 g/mol. The van der Waals surface area contributed by atoms with E-state index in [4.69, 9.17) is 0 Å². The van der Waals surface area contributed by atoms with Gasteiger partial charge >= 0.3 is 0 Å². The van der Waals surface area contributed by atoms with Gasteiger partial charge in [0, 0.05) is 61.0 Å². The van der Waals surface area contributed by atoms with Crippen LogP contribution < -0.4 is 5.32 Å². The van der Waals surface area contributed by atoms with Gasteiger partial charge in [0.25, 0.3) is 0 Å². The topological polar surface area (TPSA) is 68.5 Å². The van der Waals surface area contributed by atoms with Gasteiger partial charge in [0.1, 0.15) is 0 Å². The Morgan fingerprint density at radius 1 is 0.931 bits per heavy atom. The first-order valence-electron chi connectivity index (χ1n) is 9.52. The molecule has 5 aromatic rings. The average Bonchev–Trinajstić information content (AvgIpc) is 3.14. The molecule has 1 atom stereocenters. The van der Waals surface area contributed by atoms with E-state index in [1.165, 1.54) is 0 Å². The summed E-state index contributed by atoms with van der Waals surface area (Å²) >= 11 is 0. The zero-order valence-electron chi connectivity index (χ0n) is 16.2. The number of anilines is 1. The lowest BCUT2D eigenvalue weighted by Gasteiger charge is -2.17. The van der Waals surface area contributed by atoms with Gasteiger partial charge in [0.2, 0.25) is 0 Å². The van der Waals surface area contributed by atoms with E-state index in [2.05, 4.69) is 54.9 Å². The molecule has 29 heavy (non-hydrogen) atoms. The molecule has 0 bridgehead atoms. The normalized spacial score (nSPS) is 12.3. The molecule has 1 aromatic carbocycles. The Balaban J connectivity index is 1.63. The van der Waals surface area contributed by atoms with Crippen molar-refractivity contribution in [2.24, 2.45) is 7.05 Å². The highest BCUT2D eigenvalue weighted by Crippen LogP contribution is 2.32. The lowest BCUT2D eigenvalue weighted by Crippen LogP contribution is -2.07. The van der Waals surface area contributed by atoms with Crippen LogP contribution in [0.2, 0.25) is 0 Å². The molecular formula is C23H20N6. The van der Waals surface area contributed by atoms with E-state index in [1.807, 2.05) is 43.8 Å². The third-order valence-electron chi connectivity index (χ3n) is 5.19. The zero-order valence-corrected chi connectivity index (χ0v) is 16.2. The van der Waals surface area contributed by atoms with Crippen LogP contribution in [0.4, 0.5) is 5.69 Å². The van der Waals surface area contributed by atoms with Gasteiger partial charge in [-0.3, -0.25) is 19.9 Å². The standard InChI is InChI=1S/C23H20N6/c1-15(16-4-3-6-24-13-16)28-18-11-19(23-21(12-18)25-7-8-26-23)17-10-22-20(27-14-17)5-9-29(22)2/h3-15,28H,1-2H3. The summed E-state index contributed by atoms with van der Waals surface area (Å²) < 4.78 is 2.08. The number of hydrogen-bond donors (Lipinski definition) is 1. The molecular weight excluding hydrogens is 360 g/mol. The third kappa shape index (κ3) is 3.18. The molecule has 4 heterocycles. The highest BCUT2D eigenvalue weighted by molar-refractivity contribution is 5.96. The van der Waals surface area contributed by atoms with E-state index in [-0.39, 0.29) is 6.04 Å². The molecule has 0 radical (unpaired) electrons. The van der Waals surface area contributed by atoms with Crippen molar-refractivity contribution in [1.82, 2.24) is 24.5 Å². The number of nitrogens with one attached hydrogen (secondary N) is 1. The summed E-state index contributed by atoms with van der Waals surface area (Å²) in [6.07, 6.45) is 11.0. The fraction of sp³-hybridized carbons (Fsp3) is 0.130. The summed E-state index contributed by atoms with van der Waals surface area (Å²) in [5.74, 6) is 0. The van der Waals surface area contributed by atoms with Gasteiger partial charge in [-0.25, -0.2) is 0 Å². The van der Waals surface area contributed by atoms with Gasteiger partial charge in [-0.2, -0.15) is 0 Å². The molecule has 0 saturated heterocycles. The Morgan fingerprint density at radius 2 is 1.83 bits per heavy atom. The number of fused-ring (bicyclic) bond motifs is 2. The molecule has 5 rings (SSSR count). The number of rotatable bonds is 4. The van der Waals surface area contributed by atoms with Crippen LogP contribution in [0.3, 0.4) is 0 Å². The second kappa shape index (κ2) is 6.98. The molecule has 6 heteroatoms. The second-order valence-electron chi connectivity index (χ2n) is 7.16. The predicted molar refractivity (Wildman–Crippen MR) is 116 cm³/mol. The number of aromatic nitrogens is 5. The number of pyridine rings is 2. The molecule has 6 nitrogen and oxygen atoms in total. The van der Waals surface area contributed by atoms with E-state index >= 15 is 0 Å². The summed E-state index contributed by atoms with van der Waals surface area (Å²) in [5.41, 5.74) is 7.90. The third-order valence-corrected chi connectivity index (χ3v) is 5.19. The molecule has 0 aliphatic carbocycles. The second-order valence-corrected chi connectivity index (χ2v) is 7.16. The van der Waals surface area contributed by atoms with Crippen LogP contribution in [-0.2, 0) is 7.05 Å². The minimum Gasteiger partial charge on any atom is -0.378 e. The monoisotopic (exact) mass is 380 g/mol. The molecule has 1 N–H and O–H groups in total. The van der Waals surface area contributed by atoms with Crippen molar-refractivity contribution in [1.29, 1.82) is 0 Å². The zero-order chi connectivity index (χ0) is 19.8. The quantitative estimate of drug-likeness (QED) is 0.487. The largest absolute Gasteiger partial charge is 0.378 e. The number of hydrogen-bond acceptors (Lipinski definition) is 5. The minimum atomic E-state index is 0.110. The SMILES string of the molecule is CC(Nc1cc(-c2cnc3ccn(C)c3c2)c2nccnc2c1)c1cccnc1. The minimum absolute atomic E-state index is 0.110. The smallest absolute Gasteiger partial charge is 0.0967 e. The van der Waals surface area contributed by atoms with Gasteiger partial charge in [0.15, 0.2) is 0 Å². The van der Waals surface area contributed by atoms with Crippen LogP contribution in [0.15, 0.2) is 73.6 Å². The molecule has 0 aliphatic rings. The fourth-order valence-electron chi connectivity index (χ4n) is 3.63. The lowest BCUT2D eigenvalue weighted by molar-refractivity contribution is 0.876. The molecule has 1 unspecified atom stereocenters. The highest BCUT2D eigenvalue weighted by Gasteiger charge is 2.13. The van der Waals surface area contributed by atoms with Gasteiger partial charge in [0.05, 0.1) is 28.1 Å². The molecule has 0 amide bonds.